The van der Waals surface area contributed by atoms with Crippen LogP contribution in [0.1, 0.15) is 39.5 Å². The van der Waals surface area contributed by atoms with Gasteiger partial charge < -0.3 is 9.84 Å². The average molecular weight is 265 g/mol. The number of hydrogen-bond donors (Lipinski definition) is 1. The lowest BCUT2D eigenvalue weighted by molar-refractivity contribution is -0.0309. The second kappa shape index (κ2) is 5.47. The molecule has 1 aliphatic carbocycles. The fraction of sp³-hybridized carbons (Fsp3) is 1.00. The van der Waals surface area contributed by atoms with E-state index in [1.807, 2.05) is 0 Å². The Labute approximate surface area is 95.2 Å². The van der Waals surface area contributed by atoms with E-state index < -0.39 is 0 Å². The second-order valence-electron chi connectivity index (χ2n) is 5.01. The van der Waals surface area contributed by atoms with E-state index in [-0.39, 0.29) is 6.10 Å². The quantitative estimate of drug-likeness (QED) is 0.792. The van der Waals surface area contributed by atoms with Gasteiger partial charge in [-0.25, -0.2) is 0 Å². The van der Waals surface area contributed by atoms with Gasteiger partial charge in [0.05, 0.1) is 18.8 Å². The third kappa shape index (κ3) is 4.28. The van der Waals surface area contributed by atoms with Gasteiger partial charge in [-0.15, -0.1) is 0 Å². The summed E-state index contributed by atoms with van der Waals surface area (Å²) >= 11 is 3.23. The molecule has 1 N–H and O–H groups in total. The molecule has 2 nitrogen and oxygen atoms in total. The summed E-state index contributed by atoms with van der Waals surface area (Å²) in [5.74, 6) is 0. The molecule has 0 aromatic rings. The van der Waals surface area contributed by atoms with E-state index in [0.717, 1.165) is 12.8 Å². The van der Waals surface area contributed by atoms with E-state index in [0.29, 0.717) is 23.5 Å². The van der Waals surface area contributed by atoms with Gasteiger partial charge >= 0.3 is 0 Å². The van der Waals surface area contributed by atoms with Crippen LogP contribution < -0.4 is 0 Å². The van der Waals surface area contributed by atoms with Gasteiger partial charge in [0.25, 0.3) is 0 Å². The molecule has 1 rings (SSSR count). The Balaban J connectivity index is 2.16. The predicted octanol–water partition coefficient (Wildman–Crippen LogP) is 2.73. The highest BCUT2D eigenvalue weighted by atomic mass is 79.9. The molecule has 0 radical (unpaired) electrons. The lowest BCUT2D eigenvalue weighted by Gasteiger charge is -2.34. The van der Waals surface area contributed by atoms with Crippen LogP contribution in [-0.4, -0.2) is 29.3 Å². The zero-order chi connectivity index (χ0) is 10.6. The first kappa shape index (κ1) is 12.5. The smallest absolute Gasteiger partial charge is 0.0870 e. The van der Waals surface area contributed by atoms with Crippen LogP contribution in [0.25, 0.3) is 0 Å². The van der Waals surface area contributed by atoms with E-state index in [1.54, 1.807) is 0 Å². The van der Waals surface area contributed by atoms with Crippen molar-refractivity contribution >= 4 is 15.9 Å². The third-order valence-corrected chi connectivity index (χ3v) is 3.74. The summed E-state index contributed by atoms with van der Waals surface area (Å²) in [6.07, 6.45) is 4.77. The molecule has 0 amide bonds. The molecule has 1 fully saturated rings. The fourth-order valence-corrected chi connectivity index (χ4v) is 2.02. The molecule has 1 aliphatic rings. The zero-order valence-corrected chi connectivity index (χ0v) is 10.7. The molecular formula is C11H21BrO2. The number of rotatable bonds is 4. The molecule has 0 saturated heterocycles. The molecule has 1 saturated carbocycles. The summed E-state index contributed by atoms with van der Waals surface area (Å²) < 4.78 is 5.65. The largest absolute Gasteiger partial charge is 0.390 e. The summed E-state index contributed by atoms with van der Waals surface area (Å²) in [6.45, 7) is 5.10. The van der Waals surface area contributed by atoms with E-state index in [2.05, 4.69) is 29.8 Å². The van der Waals surface area contributed by atoms with Crippen LogP contribution in [0, 0.1) is 5.41 Å². The molecule has 0 aromatic heterocycles. The Morgan fingerprint density at radius 2 is 2.00 bits per heavy atom. The third-order valence-electron chi connectivity index (χ3n) is 2.99. The fourth-order valence-electron chi connectivity index (χ4n) is 1.83. The summed E-state index contributed by atoms with van der Waals surface area (Å²) in [4.78, 5) is 0. The molecule has 14 heavy (non-hydrogen) atoms. The number of hydrogen-bond acceptors (Lipinski definition) is 2. The van der Waals surface area contributed by atoms with Crippen molar-refractivity contribution in [2.24, 2.45) is 5.41 Å². The topological polar surface area (TPSA) is 29.5 Å². The van der Waals surface area contributed by atoms with E-state index >= 15 is 0 Å². The molecular weight excluding hydrogens is 244 g/mol. The first-order valence-corrected chi connectivity index (χ1v) is 6.51. The maximum absolute atomic E-state index is 9.32. The molecule has 1 unspecified atom stereocenters. The summed E-state index contributed by atoms with van der Waals surface area (Å²) in [7, 11) is 0. The minimum absolute atomic E-state index is 0.357. The minimum atomic E-state index is -0.357. The second-order valence-corrected chi connectivity index (χ2v) is 5.65. The van der Waals surface area contributed by atoms with Gasteiger partial charge in [-0.1, -0.05) is 29.8 Å². The zero-order valence-electron chi connectivity index (χ0n) is 9.13. The summed E-state index contributed by atoms with van der Waals surface area (Å²) in [6, 6.07) is 0. The molecule has 0 aliphatic heterocycles. The van der Waals surface area contributed by atoms with Crippen molar-refractivity contribution in [3.05, 3.63) is 0 Å². The maximum atomic E-state index is 9.32. The molecule has 0 heterocycles. The lowest BCUT2D eigenvalue weighted by atomic mass is 9.76. The molecule has 3 heteroatoms. The van der Waals surface area contributed by atoms with Gasteiger partial charge in [-0.05, 0) is 31.1 Å². The van der Waals surface area contributed by atoms with Gasteiger partial charge in [0.15, 0.2) is 0 Å². The van der Waals surface area contributed by atoms with Crippen molar-refractivity contribution in [3.63, 3.8) is 0 Å². The SMILES string of the molecule is CC1(C)CCC(OCC(O)CBr)CC1. The number of ether oxygens (including phenoxy) is 1. The van der Waals surface area contributed by atoms with Crippen LogP contribution in [0.3, 0.4) is 0 Å². The maximum Gasteiger partial charge on any atom is 0.0870 e. The monoisotopic (exact) mass is 264 g/mol. The van der Waals surface area contributed by atoms with Crippen LogP contribution >= 0.6 is 15.9 Å². The Morgan fingerprint density at radius 1 is 1.43 bits per heavy atom. The molecule has 0 spiro atoms. The molecule has 84 valence electrons. The predicted molar refractivity (Wildman–Crippen MR) is 61.8 cm³/mol. The van der Waals surface area contributed by atoms with Crippen molar-refractivity contribution in [2.45, 2.75) is 51.7 Å². The van der Waals surface area contributed by atoms with E-state index in [9.17, 15) is 5.11 Å². The Kier molecular flexibility index (Phi) is 4.88. The first-order valence-electron chi connectivity index (χ1n) is 5.39. The Bertz CT molecular complexity index is 161. The lowest BCUT2D eigenvalue weighted by Crippen LogP contribution is -2.29. The highest BCUT2D eigenvalue weighted by Crippen LogP contribution is 2.36. The highest BCUT2D eigenvalue weighted by molar-refractivity contribution is 9.09. The normalized spacial score (nSPS) is 24.9. The Hall–Kier alpha value is 0.400. The number of aliphatic hydroxyl groups is 1. The van der Waals surface area contributed by atoms with E-state index in [1.165, 1.54) is 12.8 Å². The number of aliphatic hydroxyl groups excluding tert-OH is 1. The standard InChI is InChI=1S/C11H21BrO2/c1-11(2)5-3-10(4-6-11)14-8-9(13)7-12/h9-10,13H,3-8H2,1-2H3. The minimum Gasteiger partial charge on any atom is -0.390 e. The van der Waals surface area contributed by atoms with Crippen molar-refractivity contribution in [1.82, 2.24) is 0 Å². The molecule has 0 aromatic carbocycles. The number of halogens is 1. The van der Waals surface area contributed by atoms with Gasteiger partial charge in [0.2, 0.25) is 0 Å². The molecule has 1 atom stereocenters. The highest BCUT2D eigenvalue weighted by Gasteiger charge is 2.27. The Morgan fingerprint density at radius 3 is 2.50 bits per heavy atom. The van der Waals surface area contributed by atoms with Crippen molar-refractivity contribution < 1.29 is 9.84 Å². The molecule has 0 bridgehead atoms. The summed E-state index contributed by atoms with van der Waals surface area (Å²) in [5.41, 5.74) is 0.494. The van der Waals surface area contributed by atoms with Gasteiger partial charge in [0.1, 0.15) is 0 Å². The van der Waals surface area contributed by atoms with Crippen molar-refractivity contribution in [3.8, 4) is 0 Å². The van der Waals surface area contributed by atoms with Crippen LogP contribution in [0.4, 0.5) is 0 Å². The summed E-state index contributed by atoms with van der Waals surface area (Å²) in [5, 5.41) is 9.92. The van der Waals surface area contributed by atoms with Crippen molar-refractivity contribution in [1.29, 1.82) is 0 Å². The van der Waals surface area contributed by atoms with Crippen LogP contribution in [-0.2, 0) is 4.74 Å². The van der Waals surface area contributed by atoms with Gasteiger partial charge in [-0.3, -0.25) is 0 Å². The number of alkyl halides is 1. The van der Waals surface area contributed by atoms with E-state index in [4.69, 9.17) is 4.74 Å². The van der Waals surface area contributed by atoms with Crippen molar-refractivity contribution in [2.75, 3.05) is 11.9 Å². The first-order chi connectivity index (χ1) is 6.53. The van der Waals surface area contributed by atoms with Crippen LogP contribution in [0.2, 0.25) is 0 Å². The van der Waals surface area contributed by atoms with Gasteiger partial charge in [0, 0.05) is 5.33 Å². The van der Waals surface area contributed by atoms with Crippen LogP contribution in [0.15, 0.2) is 0 Å². The van der Waals surface area contributed by atoms with Crippen LogP contribution in [0.5, 0.6) is 0 Å². The average Bonchev–Trinajstić information content (AvgIpc) is 2.16. The van der Waals surface area contributed by atoms with Gasteiger partial charge in [-0.2, -0.15) is 0 Å².